The number of hydrogen-bond acceptors (Lipinski definition) is 5. The molecular weight excluding hydrogens is 401 g/mol. The van der Waals surface area contributed by atoms with Gasteiger partial charge in [0, 0.05) is 56.3 Å². The zero-order chi connectivity index (χ0) is 21.9. The zero-order valence-electron chi connectivity index (χ0n) is 18.2. The molecule has 32 heavy (non-hydrogen) atoms. The van der Waals surface area contributed by atoms with Crippen molar-refractivity contribution < 1.29 is 4.79 Å². The van der Waals surface area contributed by atoms with Crippen LogP contribution >= 0.6 is 0 Å². The third kappa shape index (κ3) is 4.42. The van der Waals surface area contributed by atoms with Gasteiger partial charge in [-0.05, 0) is 42.8 Å². The number of pyridine rings is 1. The average molecular weight is 429 g/mol. The van der Waals surface area contributed by atoms with E-state index in [0.717, 1.165) is 49.3 Å². The molecule has 1 aliphatic heterocycles. The van der Waals surface area contributed by atoms with Gasteiger partial charge in [0.25, 0.3) is 0 Å². The Labute approximate surface area is 189 Å². The van der Waals surface area contributed by atoms with Crippen LogP contribution in [0.15, 0.2) is 36.8 Å². The van der Waals surface area contributed by atoms with E-state index >= 15 is 0 Å². The minimum absolute atomic E-state index is 0.0569. The first-order valence-corrected chi connectivity index (χ1v) is 11.5. The monoisotopic (exact) mass is 429 g/mol. The molecule has 1 saturated carbocycles. The van der Waals surface area contributed by atoms with Crippen LogP contribution in [0.4, 0.5) is 10.6 Å². The van der Waals surface area contributed by atoms with E-state index in [4.69, 9.17) is 12.8 Å². The number of carbonyl (C=O) groups is 1. The molecule has 1 saturated heterocycles. The van der Waals surface area contributed by atoms with Crippen molar-refractivity contribution in [1.29, 1.82) is 0 Å². The van der Waals surface area contributed by atoms with Crippen molar-refractivity contribution in [2.24, 2.45) is 0 Å². The molecule has 9 heteroatoms. The molecule has 8 nitrogen and oxygen atoms in total. The highest BCUT2D eigenvalue weighted by atomic mass is 16.2. The van der Waals surface area contributed by atoms with Gasteiger partial charge >= 0.3 is 6.03 Å². The first-order valence-electron chi connectivity index (χ1n) is 11.5. The third-order valence-corrected chi connectivity index (χ3v) is 6.52. The van der Waals surface area contributed by atoms with Gasteiger partial charge in [-0.3, -0.25) is 4.98 Å². The Bertz CT molecular complexity index is 1080. The number of amides is 2. The van der Waals surface area contributed by atoms with E-state index in [2.05, 4.69) is 20.7 Å². The SMILES string of the molecule is [B]c1cnn2c(NCc3cccnc3)cc(C3CCCN(C(=O)NC4CCCC4)C3)nc12. The van der Waals surface area contributed by atoms with Gasteiger partial charge in [0.05, 0.1) is 5.69 Å². The molecule has 5 rings (SSSR count). The maximum Gasteiger partial charge on any atom is 0.317 e. The number of anilines is 1. The van der Waals surface area contributed by atoms with Crippen LogP contribution in [0.3, 0.4) is 0 Å². The summed E-state index contributed by atoms with van der Waals surface area (Å²) in [5.41, 5.74) is 3.20. The fourth-order valence-corrected chi connectivity index (χ4v) is 4.77. The first kappa shape index (κ1) is 20.8. The van der Waals surface area contributed by atoms with Gasteiger partial charge in [0.1, 0.15) is 13.7 Å². The number of nitrogens with zero attached hydrogens (tertiary/aromatic N) is 5. The lowest BCUT2D eigenvalue weighted by atomic mass is 9.94. The number of aromatic nitrogens is 4. The predicted octanol–water partition coefficient (Wildman–Crippen LogP) is 2.36. The van der Waals surface area contributed by atoms with Gasteiger partial charge in [-0.25, -0.2) is 9.78 Å². The van der Waals surface area contributed by atoms with Gasteiger partial charge < -0.3 is 15.5 Å². The van der Waals surface area contributed by atoms with Crippen LogP contribution in [0.2, 0.25) is 0 Å². The Kier molecular flexibility index (Phi) is 5.96. The van der Waals surface area contributed by atoms with Gasteiger partial charge in [0.15, 0.2) is 5.65 Å². The topological polar surface area (TPSA) is 87.5 Å². The molecule has 0 spiro atoms. The third-order valence-electron chi connectivity index (χ3n) is 6.52. The number of rotatable bonds is 5. The van der Waals surface area contributed by atoms with E-state index in [0.29, 0.717) is 30.2 Å². The van der Waals surface area contributed by atoms with Crippen molar-refractivity contribution in [3.05, 3.63) is 48.0 Å². The summed E-state index contributed by atoms with van der Waals surface area (Å²) in [5, 5.41) is 11.1. The Balaban J connectivity index is 1.35. The maximum atomic E-state index is 12.8. The summed E-state index contributed by atoms with van der Waals surface area (Å²) in [7, 11) is 6.16. The summed E-state index contributed by atoms with van der Waals surface area (Å²) in [6.07, 6.45) is 11.8. The molecule has 2 radical (unpaired) electrons. The molecule has 4 heterocycles. The minimum Gasteiger partial charge on any atom is -0.366 e. The van der Waals surface area contributed by atoms with E-state index in [1.165, 1.54) is 12.8 Å². The van der Waals surface area contributed by atoms with Crippen molar-refractivity contribution in [2.75, 3.05) is 18.4 Å². The number of urea groups is 1. The van der Waals surface area contributed by atoms with Crippen molar-refractivity contribution in [3.63, 3.8) is 0 Å². The summed E-state index contributed by atoms with van der Waals surface area (Å²) in [6, 6.07) is 6.37. The second-order valence-corrected chi connectivity index (χ2v) is 8.83. The second-order valence-electron chi connectivity index (χ2n) is 8.83. The van der Waals surface area contributed by atoms with E-state index in [1.54, 1.807) is 16.9 Å². The van der Waals surface area contributed by atoms with Gasteiger partial charge in [-0.1, -0.05) is 18.9 Å². The smallest absolute Gasteiger partial charge is 0.317 e. The van der Waals surface area contributed by atoms with Crippen LogP contribution in [0.5, 0.6) is 0 Å². The van der Waals surface area contributed by atoms with Crippen molar-refractivity contribution in [1.82, 2.24) is 29.8 Å². The largest absolute Gasteiger partial charge is 0.366 e. The summed E-state index contributed by atoms with van der Waals surface area (Å²) in [5.74, 6) is 0.995. The molecule has 1 unspecified atom stereocenters. The molecule has 2 amide bonds. The molecule has 2 aliphatic rings. The molecule has 2 N–H and O–H groups in total. The summed E-state index contributed by atoms with van der Waals surface area (Å²) in [4.78, 5) is 23.8. The van der Waals surface area contributed by atoms with E-state index in [1.807, 2.05) is 29.3 Å². The number of likely N-dealkylation sites (tertiary alicyclic amines) is 1. The van der Waals surface area contributed by atoms with E-state index in [-0.39, 0.29) is 11.9 Å². The first-order chi connectivity index (χ1) is 15.7. The summed E-state index contributed by atoms with van der Waals surface area (Å²) in [6.45, 7) is 2.07. The average Bonchev–Trinajstić information content (AvgIpc) is 3.48. The number of hydrogen-bond donors (Lipinski definition) is 2. The van der Waals surface area contributed by atoms with Crippen molar-refractivity contribution in [2.45, 2.75) is 57.0 Å². The number of carbonyl (C=O) groups excluding carboxylic acids is 1. The number of fused-ring (bicyclic) bond motifs is 1. The standard InChI is InChI=1S/C23H28BN7O/c24-19-14-27-31-21(26-13-16-5-3-9-25-12-16)11-20(29-22(19)31)17-6-4-10-30(15-17)23(32)28-18-7-1-2-8-18/h3,5,9,11-12,14,17-18,26H,1-2,4,6-8,10,13,15H2,(H,28,32). The van der Waals surface area contributed by atoms with Crippen molar-refractivity contribution in [3.8, 4) is 0 Å². The highest BCUT2D eigenvalue weighted by Crippen LogP contribution is 2.28. The minimum atomic E-state index is 0.0569. The number of nitrogens with one attached hydrogen (secondary N) is 2. The lowest BCUT2D eigenvalue weighted by Crippen LogP contribution is -2.47. The molecule has 164 valence electrons. The van der Waals surface area contributed by atoms with Crippen LogP contribution in [0, 0.1) is 0 Å². The van der Waals surface area contributed by atoms with Gasteiger partial charge in [-0.15, -0.1) is 0 Å². The quantitative estimate of drug-likeness (QED) is 0.609. The van der Waals surface area contributed by atoms with Crippen LogP contribution in [-0.2, 0) is 6.54 Å². The van der Waals surface area contributed by atoms with Crippen LogP contribution < -0.4 is 16.1 Å². The van der Waals surface area contributed by atoms with Crippen molar-refractivity contribution >= 4 is 30.8 Å². The van der Waals surface area contributed by atoms with Gasteiger partial charge in [0.2, 0.25) is 0 Å². The Morgan fingerprint density at radius 2 is 2.06 bits per heavy atom. The molecule has 3 aromatic heterocycles. The van der Waals surface area contributed by atoms with Crippen LogP contribution in [0.1, 0.15) is 55.7 Å². The fourth-order valence-electron chi connectivity index (χ4n) is 4.77. The lowest BCUT2D eigenvalue weighted by Gasteiger charge is -2.33. The Morgan fingerprint density at radius 3 is 2.88 bits per heavy atom. The van der Waals surface area contributed by atoms with E-state index < -0.39 is 0 Å². The Hall–Kier alpha value is -3.10. The molecule has 2 fully saturated rings. The summed E-state index contributed by atoms with van der Waals surface area (Å²) < 4.78 is 1.74. The summed E-state index contributed by atoms with van der Waals surface area (Å²) >= 11 is 0. The van der Waals surface area contributed by atoms with Crippen LogP contribution in [-0.4, -0.2) is 57.5 Å². The highest BCUT2D eigenvalue weighted by Gasteiger charge is 2.28. The second kappa shape index (κ2) is 9.18. The maximum absolute atomic E-state index is 12.8. The fraction of sp³-hybridized carbons (Fsp3) is 0.478. The number of piperidine rings is 1. The van der Waals surface area contributed by atoms with Gasteiger partial charge in [-0.2, -0.15) is 9.61 Å². The van der Waals surface area contributed by atoms with Crippen LogP contribution in [0.25, 0.3) is 5.65 Å². The molecule has 3 aromatic rings. The normalized spacial score (nSPS) is 19.4. The molecule has 0 bridgehead atoms. The molecule has 1 atom stereocenters. The Morgan fingerprint density at radius 1 is 1.19 bits per heavy atom. The lowest BCUT2D eigenvalue weighted by molar-refractivity contribution is 0.175. The molecule has 1 aliphatic carbocycles. The molecule has 0 aromatic carbocycles. The zero-order valence-corrected chi connectivity index (χ0v) is 18.2. The highest BCUT2D eigenvalue weighted by molar-refractivity contribution is 6.36. The predicted molar refractivity (Wildman–Crippen MR) is 124 cm³/mol. The van der Waals surface area contributed by atoms with E-state index in [9.17, 15) is 4.79 Å². The molecular formula is C23H28BN7O.